The number of halogens is 2. The Balaban J connectivity index is 3.33. The summed E-state index contributed by atoms with van der Waals surface area (Å²) in [6.45, 7) is 5.65. The van der Waals surface area contributed by atoms with Crippen molar-refractivity contribution in [2.75, 3.05) is 0 Å². The van der Waals surface area contributed by atoms with Crippen LogP contribution in [-0.4, -0.2) is 19.9 Å². The van der Waals surface area contributed by atoms with Gasteiger partial charge >= 0.3 is 0 Å². The van der Waals surface area contributed by atoms with E-state index in [9.17, 15) is 13.2 Å². The maximum Gasteiger partial charge on any atom is 0.253 e. The van der Waals surface area contributed by atoms with Gasteiger partial charge in [-0.05, 0) is 32.4 Å². The minimum atomic E-state index is -4.00. The summed E-state index contributed by atoms with van der Waals surface area (Å²) in [6.07, 6.45) is 0.715. The van der Waals surface area contributed by atoms with Crippen LogP contribution in [0.25, 0.3) is 0 Å². The van der Waals surface area contributed by atoms with Crippen LogP contribution in [0, 0.1) is 0 Å². The molecule has 1 rings (SSSR count). The first-order chi connectivity index (χ1) is 8.98. The van der Waals surface area contributed by atoms with Gasteiger partial charge in [-0.2, -0.15) is 0 Å². The lowest BCUT2D eigenvalue weighted by atomic mass is 10.0. The molecular weight excluding hydrogens is 368 g/mol. The Morgan fingerprint density at radius 3 is 2.45 bits per heavy atom. The van der Waals surface area contributed by atoms with Crippen LogP contribution in [0.2, 0.25) is 5.02 Å². The Morgan fingerprint density at radius 1 is 1.45 bits per heavy atom. The van der Waals surface area contributed by atoms with E-state index in [-0.39, 0.29) is 15.5 Å². The number of sulfonamides is 1. The highest BCUT2D eigenvalue weighted by atomic mass is 79.9. The van der Waals surface area contributed by atoms with Gasteiger partial charge in [0.05, 0.1) is 10.6 Å². The third-order valence-corrected chi connectivity index (χ3v) is 4.80. The molecular formula is C12H16BrClN2O3S. The van der Waals surface area contributed by atoms with E-state index in [1.807, 2.05) is 20.8 Å². The minimum Gasteiger partial charge on any atom is -0.347 e. The summed E-state index contributed by atoms with van der Waals surface area (Å²) in [7, 11) is -4.00. The largest absolute Gasteiger partial charge is 0.347 e. The highest BCUT2D eigenvalue weighted by molar-refractivity contribution is 9.10. The Kier molecular flexibility index (Phi) is 5.23. The zero-order valence-electron chi connectivity index (χ0n) is 11.3. The van der Waals surface area contributed by atoms with Crippen LogP contribution in [0.15, 0.2) is 21.5 Å². The summed E-state index contributed by atoms with van der Waals surface area (Å²) in [5.41, 5.74) is -0.364. The molecule has 1 amide bonds. The van der Waals surface area contributed by atoms with Crippen molar-refractivity contribution >= 4 is 43.5 Å². The molecule has 0 fully saturated rings. The average Bonchev–Trinajstić information content (AvgIpc) is 2.29. The quantitative estimate of drug-likeness (QED) is 0.837. The van der Waals surface area contributed by atoms with Crippen molar-refractivity contribution in [3.8, 4) is 0 Å². The van der Waals surface area contributed by atoms with Gasteiger partial charge in [0.15, 0.2) is 0 Å². The average molecular weight is 384 g/mol. The van der Waals surface area contributed by atoms with Crippen LogP contribution in [-0.2, 0) is 10.0 Å². The number of amides is 1. The predicted octanol–water partition coefficient (Wildman–Crippen LogP) is 2.67. The van der Waals surface area contributed by atoms with Crippen LogP contribution in [0.5, 0.6) is 0 Å². The van der Waals surface area contributed by atoms with Crippen LogP contribution >= 0.6 is 27.5 Å². The summed E-state index contributed by atoms with van der Waals surface area (Å²) >= 11 is 9.14. The highest BCUT2D eigenvalue weighted by Crippen LogP contribution is 2.29. The van der Waals surface area contributed by atoms with E-state index in [2.05, 4.69) is 21.2 Å². The molecule has 0 unspecified atom stereocenters. The first-order valence-electron chi connectivity index (χ1n) is 5.82. The number of benzene rings is 1. The third kappa shape index (κ3) is 4.18. The van der Waals surface area contributed by atoms with Crippen LogP contribution in [0.3, 0.4) is 0 Å². The van der Waals surface area contributed by atoms with Crippen LogP contribution in [0.4, 0.5) is 0 Å². The Bertz CT molecular complexity index is 644. The minimum absolute atomic E-state index is 0.0617. The lowest BCUT2D eigenvalue weighted by Crippen LogP contribution is -2.43. The van der Waals surface area contributed by atoms with Gasteiger partial charge in [-0.1, -0.05) is 34.5 Å². The molecule has 0 radical (unpaired) electrons. The van der Waals surface area contributed by atoms with Gasteiger partial charge in [0.25, 0.3) is 5.91 Å². The number of primary sulfonamides is 1. The summed E-state index contributed by atoms with van der Waals surface area (Å²) in [4.78, 5) is 11.9. The molecule has 1 aromatic rings. The van der Waals surface area contributed by atoms with Crippen molar-refractivity contribution in [2.24, 2.45) is 5.14 Å². The Labute approximate surface area is 132 Å². The van der Waals surface area contributed by atoms with Crippen molar-refractivity contribution in [1.82, 2.24) is 5.32 Å². The van der Waals surface area contributed by atoms with E-state index in [1.54, 1.807) is 0 Å². The first kappa shape index (κ1) is 17.4. The first-order valence-corrected chi connectivity index (χ1v) is 8.54. The van der Waals surface area contributed by atoms with Crippen LogP contribution < -0.4 is 10.5 Å². The van der Waals surface area contributed by atoms with Gasteiger partial charge in [-0.15, -0.1) is 0 Å². The van der Waals surface area contributed by atoms with Gasteiger partial charge in [-0.3, -0.25) is 4.79 Å². The fraction of sp³-hybridized carbons (Fsp3) is 0.417. The number of hydrogen-bond acceptors (Lipinski definition) is 3. The molecule has 0 aliphatic rings. The predicted molar refractivity (Wildman–Crippen MR) is 82.4 cm³/mol. The molecule has 3 N–H and O–H groups in total. The molecule has 112 valence electrons. The molecule has 0 bridgehead atoms. The van der Waals surface area contributed by atoms with E-state index in [0.717, 1.165) is 0 Å². The molecule has 5 nitrogen and oxygen atoms in total. The molecule has 8 heteroatoms. The molecule has 0 aliphatic carbocycles. The highest BCUT2D eigenvalue weighted by Gasteiger charge is 2.24. The van der Waals surface area contributed by atoms with Gasteiger partial charge in [0.2, 0.25) is 10.0 Å². The molecule has 0 spiro atoms. The standard InChI is InChI=1S/C12H16BrClN2O3S/c1-4-12(2,3)16-11(17)8-5-7(13)6-9(10(8)14)20(15,18)19/h5-6H,4H2,1-3H3,(H,16,17)(H2,15,18,19). The van der Waals surface area contributed by atoms with Crippen molar-refractivity contribution in [3.05, 3.63) is 27.2 Å². The second kappa shape index (κ2) is 6.01. The number of nitrogens with two attached hydrogens (primary N) is 1. The second-order valence-corrected chi connectivity index (χ2v) is 7.83. The molecule has 0 heterocycles. The van der Waals surface area contributed by atoms with Crippen molar-refractivity contribution in [1.29, 1.82) is 0 Å². The van der Waals surface area contributed by atoms with E-state index >= 15 is 0 Å². The number of carbonyl (C=O) groups is 1. The van der Waals surface area contributed by atoms with E-state index in [4.69, 9.17) is 16.7 Å². The monoisotopic (exact) mass is 382 g/mol. The van der Waals surface area contributed by atoms with Gasteiger partial charge in [0.1, 0.15) is 4.90 Å². The van der Waals surface area contributed by atoms with Crippen molar-refractivity contribution in [2.45, 2.75) is 37.6 Å². The number of rotatable bonds is 4. The SMILES string of the molecule is CCC(C)(C)NC(=O)c1cc(Br)cc(S(N)(=O)=O)c1Cl. The summed E-state index contributed by atoms with van der Waals surface area (Å²) in [5, 5.41) is 7.69. The number of hydrogen-bond donors (Lipinski definition) is 2. The lowest BCUT2D eigenvalue weighted by Gasteiger charge is -2.25. The zero-order valence-corrected chi connectivity index (χ0v) is 14.5. The maximum absolute atomic E-state index is 12.2. The summed E-state index contributed by atoms with van der Waals surface area (Å²) in [5.74, 6) is -0.451. The topological polar surface area (TPSA) is 89.3 Å². The summed E-state index contributed by atoms with van der Waals surface area (Å²) < 4.78 is 23.3. The number of nitrogens with one attached hydrogen (secondary N) is 1. The van der Waals surface area contributed by atoms with E-state index < -0.39 is 21.5 Å². The van der Waals surface area contributed by atoms with Gasteiger partial charge < -0.3 is 5.32 Å². The van der Waals surface area contributed by atoms with Gasteiger partial charge in [-0.25, -0.2) is 13.6 Å². The van der Waals surface area contributed by atoms with E-state index in [1.165, 1.54) is 12.1 Å². The van der Waals surface area contributed by atoms with Crippen molar-refractivity contribution < 1.29 is 13.2 Å². The fourth-order valence-electron chi connectivity index (χ4n) is 1.40. The normalized spacial score (nSPS) is 12.3. The second-order valence-electron chi connectivity index (χ2n) is 5.00. The Hall–Kier alpha value is -0.630. The molecule has 1 aromatic carbocycles. The molecule has 0 saturated heterocycles. The van der Waals surface area contributed by atoms with Crippen LogP contribution in [0.1, 0.15) is 37.6 Å². The molecule has 0 saturated carbocycles. The summed E-state index contributed by atoms with van der Waals surface area (Å²) in [6, 6.07) is 2.72. The third-order valence-electron chi connectivity index (χ3n) is 2.89. The molecule has 0 aliphatic heterocycles. The zero-order chi connectivity index (χ0) is 15.7. The molecule has 0 atom stereocenters. The molecule has 0 aromatic heterocycles. The van der Waals surface area contributed by atoms with Crippen molar-refractivity contribution in [3.63, 3.8) is 0 Å². The smallest absolute Gasteiger partial charge is 0.253 e. The van der Waals surface area contributed by atoms with Gasteiger partial charge in [0, 0.05) is 10.0 Å². The maximum atomic E-state index is 12.2. The lowest BCUT2D eigenvalue weighted by molar-refractivity contribution is 0.0911. The molecule has 20 heavy (non-hydrogen) atoms. The number of carbonyl (C=O) groups excluding carboxylic acids is 1. The fourth-order valence-corrected chi connectivity index (χ4v) is 3.18. The van der Waals surface area contributed by atoms with E-state index in [0.29, 0.717) is 10.9 Å². The Morgan fingerprint density at radius 2 is 2.00 bits per heavy atom.